The van der Waals surface area contributed by atoms with Gasteiger partial charge in [0.05, 0.1) is 36.6 Å². The Hall–Kier alpha value is -2.78. The number of fused-ring (bicyclic) bond motifs is 3. The zero-order chi connectivity index (χ0) is 42.2. The summed E-state index contributed by atoms with van der Waals surface area (Å²) in [4.78, 5) is 57.9. The Morgan fingerprint density at radius 2 is 1.61 bits per heavy atom. The van der Waals surface area contributed by atoms with Gasteiger partial charge >= 0.3 is 5.97 Å². The third-order valence-electron chi connectivity index (χ3n) is 13.0. The number of Topliss-reactive ketones (excluding diaryl/α,β-unsaturated/α-hetero) is 2. The highest BCUT2D eigenvalue weighted by Crippen LogP contribution is 2.39. The number of ketones is 2. The van der Waals surface area contributed by atoms with E-state index in [1.54, 1.807) is 27.0 Å². The molecule has 1 amide bonds. The molecule has 1 aliphatic carbocycles. The van der Waals surface area contributed by atoms with Crippen molar-refractivity contribution in [2.45, 2.75) is 160 Å². The van der Waals surface area contributed by atoms with Crippen LogP contribution in [0.1, 0.15) is 105 Å². The molecule has 0 spiro atoms. The van der Waals surface area contributed by atoms with Crippen molar-refractivity contribution in [3.8, 4) is 0 Å². The second-order valence-corrected chi connectivity index (χ2v) is 17.2. The summed E-state index contributed by atoms with van der Waals surface area (Å²) in [5.74, 6) is -7.93. The van der Waals surface area contributed by atoms with E-state index in [9.17, 15) is 34.5 Å². The van der Waals surface area contributed by atoms with E-state index in [0.717, 1.165) is 5.57 Å². The van der Waals surface area contributed by atoms with Gasteiger partial charge in [-0.15, -0.1) is 6.58 Å². The second kappa shape index (κ2) is 21.0. The number of methoxy groups -OCH3 is 3. The topological polar surface area (TPSA) is 178 Å². The lowest BCUT2D eigenvalue weighted by Crippen LogP contribution is -2.64. The minimum absolute atomic E-state index is 0.0123. The lowest BCUT2D eigenvalue weighted by atomic mass is 9.81. The highest BCUT2D eigenvalue weighted by atomic mass is 16.7. The van der Waals surface area contributed by atoms with Gasteiger partial charge in [-0.1, -0.05) is 44.6 Å². The Bertz CT molecular complexity index is 1480. The van der Waals surface area contributed by atoms with Gasteiger partial charge in [-0.3, -0.25) is 14.4 Å². The van der Waals surface area contributed by atoms with Crippen molar-refractivity contribution in [3.05, 3.63) is 36.0 Å². The number of hydrogen-bond donors (Lipinski definition) is 3. The van der Waals surface area contributed by atoms with Crippen molar-refractivity contribution < 1.29 is 58.2 Å². The number of nitrogens with zero attached hydrogens (tertiary/aromatic N) is 1. The number of rotatable bonds is 7. The molecule has 57 heavy (non-hydrogen) atoms. The van der Waals surface area contributed by atoms with Crippen LogP contribution in [-0.2, 0) is 42.9 Å². The smallest absolute Gasteiger partial charge is 0.329 e. The molecular formula is C44H69NO12. The van der Waals surface area contributed by atoms with Gasteiger partial charge in [0.1, 0.15) is 17.9 Å². The molecule has 0 aromatic heterocycles. The number of amides is 1. The van der Waals surface area contributed by atoms with E-state index in [1.807, 2.05) is 32.9 Å². The molecule has 322 valence electrons. The van der Waals surface area contributed by atoms with Gasteiger partial charge in [0, 0.05) is 58.5 Å². The molecule has 3 aliphatic heterocycles. The van der Waals surface area contributed by atoms with Crippen molar-refractivity contribution in [1.82, 2.24) is 4.90 Å². The van der Waals surface area contributed by atoms with E-state index in [-0.39, 0.29) is 43.1 Å². The first kappa shape index (κ1) is 46.9. The molecule has 14 atom stereocenters. The van der Waals surface area contributed by atoms with E-state index >= 15 is 0 Å². The summed E-state index contributed by atoms with van der Waals surface area (Å²) in [5, 5.41) is 34.2. The first-order valence-electron chi connectivity index (χ1n) is 20.9. The Balaban J connectivity index is 1.78. The van der Waals surface area contributed by atoms with Crippen LogP contribution < -0.4 is 0 Å². The van der Waals surface area contributed by atoms with Gasteiger partial charge in [0.2, 0.25) is 5.79 Å². The third-order valence-corrected chi connectivity index (χ3v) is 13.0. The van der Waals surface area contributed by atoms with E-state index < -0.39 is 83.9 Å². The van der Waals surface area contributed by atoms with E-state index in [2.05, 4.69) is 6.58 Å². The van der Waals surface area contributed by atoms with E-state index in [0.29, 0.717) is 63.4 Å². The summed E-state index contributed by atoms with van der Waals surface area (Å²) in [6, 6.07) is -1.15. The maximum Gasteiger partial charge on any atom is 0.329 e. The van der Waals surface area contributed by atoms with E-state index in [1.165, 1.54) is 19.1 Å². The van der Waals surface area contributed by atoms with Crippen LogP contribution in [0, 0.1) is 29.6 Å². The third kappa shape index (κ3) is 11.3. The first-order chi connectivity index (χ1) is 27.0. The molecule has 13 heteroatoms. The quantitative estimate of drug-likeness (QED) is 0.185. The lowest BCUT2D eigenvalue weighted by Gasteiger charge is -2.47. The number of ether oxygens (including phenoxy) is 5. The molecule has 1 saturated carbocycles. The molecular weight excluding hydrogens is 734 g/mol. The number of carbonyl (C=O) groups excluding carboxylic acids is 4. The molecule has 0 aromatic rings. The molecule has 3 heterocycles. The fourth-order valence-corrected chi connectivity index (χ4v) is 9.45. The Morgan fingerprint density at radius 3 is 2.26 bits per heavy atom. The van der Waals surface area contributed by atoms with Gasteiger partial charge in [-0.05, 0) is 89.0 Å². The van der Waals surface area contributed by atoms with Crippen molar-refractivity contribution in [3.63, 3.8) is 0 Å². The van der Waals surface area contributed by atoms with Gasteiger partial charge < -0.3 is 43.9 Å². The molecule has 2 unspecified atom stereocenters. The van der Waals surface area contributed by atoms with Gasteiger partial charge in [-0.25, -0.2) is 4.79 Å². The summed E-state index contributed by atoms with van der Waals surface area (Å²) in [6.07, 6.45) is 5.09. The zero-order valence-electron chi connectivity index (χ0n) is 35.4. The highest BCUT2D eigenvalue weighted by molar-refractivity contribution is 6.39. The Kier molecular flexibility index (Phi) is 17.2. The first-order valence-corrected chi connectivity index (χ1v) is 20.9. The molecule has 2 bridgehead atoms. The Morgan fingerprint density at radius 1 is 0.930 bits per heavy atom. The molecule has 0 aromatic carbocycles. The number of hydrogen-bond acceptors (Lipinski definition) is 12. The minimum atomic E-state index is -2.56. The number of carbonyl (C=O) groups is 4. The average Bonchev–Trinajstić information content (AvgIpc) is 3.19. The summed E-state index contributed by atoms with van der Waals surface area (Å²) < 4.78 is 29.7. The molecule has 4 rings (SSSR count). The van der Waals surface area contributed by atoms with Gasteiger partial charge in [0.15, 0.2) is 0 Å². The number of cyclic esters (lactones) is 1. The molecule has 13 nitrogen and oxygen atoms in total. The van der Waals surface area contributed by atoms with Crippen LogP contribution in [0.4, 0.5) is 0 Å². The number of esters is 1. The van der Waals surface area contributed by atoms with E-state index in [4.69, 9.17) is 23.7 Å². The number of allylic oxidation sites excluding steroid dienone is 4. The molecule has 0 radical (unpaired) electrons. The SMILES string of the molecule is C=CC[C@@H]1/C=C(\C)C[C@H](C)C[C@H](OC)[C@@H]2C[C@@H](OC)[C@@H](C)[C@@](O)(O2)C(=O)C(=O)N2CCCCC2C(=O)O[C@H](/C(C)=C/C2CC[C@@H](O)[C@H](OC)C2)[C@H](C)[C@@H](O)CC1=O. The highest BCUT2D eigenvalue weighted by Gasteiger charge is 2.57. The van der Waals surface area contributed by atoms with Crippen LogP contribution in [0.2, 0.25) is 0 Å². The largest absolute Gasteiger partial charge is 0.456 e. The van der Waals surface area contributed by atoms with Crippen molar-refractivity contribution in [2.24, 2.45) is 29.6 Å². The van der Waals surface area contributed by atoms with Crippen LogP contribution in [0.3, 0.4) is 0 Å². The van der Waals surface area contributed by atoms with Crippen LogP contribution >= 0.6 is 0 Å². The standard InChI is InChI=1S/C44H69NO12/c1-10-13-31-19-25(2)18-26(3)20-38(55-9)39-24-36(53-7)29(6)44(52,57-39)41(49)42(50)45-17-12-11-14-32(45)43(51)56-40(28(5)34(47)23-35(31)48)27(4)21-30-15-16-33(46)37(22-30)54-8/h10,19,21,26,28-34,36-40,46-47,52H,1,11-18,20,22-24H2,2-9H3/b25-19+,27-21+/t26-,28+,29+,30?,31+,32?,33+,34-,36+,37+,38-,39-,40+,44+/m0/s1. The second-order valence-electron chi connectivity index (χ2n) is 17.2. The van der Waals surface area contributed by atoms with Crippen LogP contribution in [0.5, 0.6) is 0 Å². The number of aliphatic hydroxyl groups is 3. The van der Waals surface area contributed by atoms with Gasteiger partial charge in [-0.2, -0.15) is 0 Å². The summed E-state index contributed by atoms with van der Waals surface area (Å²) in [7, 11) is 4.58. The lowest BCUT2D eigenvalue weighted by molar-refractivity contribution is -0.299. The molecule has 4 aliphatic rings. The molecule has 3 N–H and O–H groups in total. The fourth-order valence-electron chi connectivity index (χ4n) is 9.45. The minimum Gasteiger partial charge on any atom is -0.456 e. The summed E-state index contributed by atoms with van der Waals surface area (Å²) in [5.41, 5.74) is 1.61. The predicted molar refractivity (Wildman–Crippen MR) is 213 cm³/mol. The maximum absolute atomic E-state index is 14.3. The van der Waals surface area contributed by atoms with Crippen molar-refractivity contribution >= 4 is 23.4 Å². The fraction of sp³-hybridized carbons (Fsp3) is 0.773. The van der Waals surface area contributed by atoms with Crippen molar-refractivity contribution in [2.75, 3.05) is 27.9 Å². The predicted octanol–water partition coefficient (Wildman–Crippen LogP) is 4.64. The van der Waals surface area contributed by atoms with Gasteiger partial charge in [0.25, 0.3) is 11.7 Å². The molecule has 2 saturated heterocycles. The summed E-state index contributed by atoms with van der Waals surface area (Å²) >= 11 is 0. The Labute approximate surface area is 339 Å². The number of piperidine rings is 1. The summed E-state index contributed by atoms with van der Waals surface area (Å²) in [6.45, 7) is 13.1. The number of aliphatic hydroxyl groups excluding tert-OH is 2. The average molecular weight is 804 g/mol. The monoisotopic (exact) mass is 803 g/mol. The maximum atomic E-state index is 14.3. The molecule has 3 fully saturated rings. The zero-order valence-corrected chi connectivity index (χ0v) is 35.4. The van der Waals surface area contributed by atoms with Crippen LogP contribution in [-0.4, -0.2) is 126 Å². The van der Waals surface area contributed by atoms with Crippen LogP contribution in [0.25, 0.3) is 0 Å². The van der Waals surface area contributed by atoms with Crippen molar-refractivity contribution in [1.29, 1.82) is 0 Å². The normalized spacial score (nSPS) is 41.0. The van der Waals surface area contributed by atoms with Crippen LogP contribution in [0.15, 0.2) is 36.0 Å².